The number of aromatic nitrogens is 3. The molecule has 4 heterocycles. The normalized spacial score (nSPS) is 12.2. The van der Waals surface area contributed by atoms with Crippen LogP contribution < -0.4 is 0 Å². The Balaban J connectivity index is 1.09. The molecule has 13 aromatic rings. The molecule has 0 N–H and O–H groups in total. The maximum Gasteiger partial charge on any atom is 0.235 e. The first-order valence-electron chi connectivity index (χ1n) is 19.2. The highest BCUT2D eigenvalue weighted by molar-refractivity contribution is 6.29. The molecule has 0 amide bonds. The van der Waals surface area contributed by atoms with Crippen LogP contribution >= 0.6 is 0 Å². The van der Waals surface area contributed by atoms with Crippen LogP contribution in [0.15, 0.2) is 185 Å². The van der Waals surface area contributed by atoms with Crippen LogP contribution in [0.2, 0.25) is 0 Å². The smallest absolute Gasteiger partial charge is 0.235 e. The van der Waals surface area contributed by atoms with Gasteiger partial charge < -0.3 is 8.83 Å². The number of hydrogen-bond donors (Lipinski definition) is 0. The molecule has 264 valence electrons. The predicted molar refractivity (Wildman–Crippen MR) is 234 cm³/mol. The number of hydrogen-bond acceptors (Lipinski definition) is 4. The van der Waals surface area contributed by atoms with Crippen LogP contribution in [0.1, 0.15) is 0 Å². The zero-order chi connectivity index (χ0) is 37.2. The van der Waals surface area contributed by atoms with Crippen molar-refractivity contribution >= 4 is 98.1 Å². The van der Waals surface area contributed by atoms with Crippen LogP contribution in [0.4, 0.5) is 0 Å². The maximum absolute atomic E-state index is 7.08. The fourth-order valence-electron chi connectivity index (χ4n) is 9.27. The molecule has 0 fully saturated rings. The molecular formula is C52H29N3O2. The summed E-state index contributed by atoms with van der Waals surface area (Å²) < 4.78 is 15.8. The summed E-state index contributed by atoms with van der Waals surface area (Å²) in [5.41, 5.74) is 10.4. The minimum absolute atomic E-state index is 0.616. The summed E-state index contributed by atoms with van der Waals surface area (Å²) in [5.74, 6) is 0.616. The molecule has 4 aromatic heterocycles. The van der Waals surface area contributed by atoms with Gasteiger partial charge in [-0.1, -0.05) is 133 Å². The molecule has 0 aliphatic carbocycles. The molecule has 0 aliphatic heterocycles. The molecule has 0 radical (unpaired) electrons. The largest absolute Gasteiger partial charge is 0.455 e. The first kappa shape index (κ1) is 30.6. The third kappa shape index (κ3) is 4.28. The fraction of sp³-hybridized carbons (Fsp3) is 0. The van der Waals surface area contributed by atoms with E-state index in [1.165, 1.54) is 10.8 Å². The lowest BCUT2D eigenvalue weighted by Crippen LogP contribution is -2.03. The Bertz CT molecular complexity index is 3830. The van der Waals surface area contributed by atoms with Crippen molar-refractivity contribution in [3.63, 3.8) is 0 Å². The number of rotatable bonds is 3. The Hall–Kier alpha value is -7.76. The number of nitrogens with zero attached hydrogens (tertiary/aromatic N) is 3. The lowest BCUT2D eigenvalue weighted by Gasteiger charge is -2.12. The molecule has 0 unspecified atom stereocenters. The summed E-state index contributed by atoms with van der Waals surface area (Å²) in [6.45, 7) is 0. The molecule has 9 aromatic carbocycles. The van der Waals surface area contributed by atoms with Crippen molar-refractivity contribution < 1.29 is 8.83 Å². The average molecular weight is 728 g/mol. The molecular weight excluding hydrogens is 699 g/mol. The summed E-state index contributed by atoms with van der Waals surface area (Å²) in [6.07, 6.45) is 0. The molecule has 5 nitrogen and oxygen atoms in total. The lowest BCUT2D eigenvalue weighted by atomic mass is 9.93. The van der Waals surface area contributed by atoms with E-state index in [0.29, 0.717) is 5.95 Å². The third-order valence-corrected chi connectivity index (χ3v) is 11.8. The van der Waals surface area contributed by atoms with E-state index in [0.717, 1.165) is 110 Å². The molecule has 0 bridgehead atoms. The first-order chi connectivity index (χ1) is 28.3. The van der Waals surface area contributed by atoms with Crippen molar-refractivity contribution in [3.8, 4) is 28.3 Å². The summed E-state index contributed by atoms with van der Waals surface area (Å²) in [5, 5.41) is 12.2. The number of para-hydroxylation sites is 4. The molecule has 57 heavy (non-hydrogen) atoms. The predicted octanol–water partition coefficient (Wildman–Crippen LogP) is 14.2. The van der Waals surface area contributed by atoms with Crippen LogP contribution in [-0.2, 0) is 0 Å². The van der Waals surface area contributed by atoms with Crippen molar-refractivity contribution in [2.75, 3.05) is 0 Å². The second kappa shape index (κ2) is 11.4. The molecule has 13 rings (SSSR count). The molecule has 5 heteroatoms. The summed E-state index contributed by atoms with van der Waals surface area (Å²) >= 11 is 0. The topological polar surface area (TPSA) is 57.0 Å². The Morgan fingerprint density at radius 2 is 1.11 bits per heavy atom. The SMILES string of the molecule is c1ccc2cc(-c3nc(-n4c5ccccc5c5c6oc7cc(-c8cccc9c8oc8ccccc89)c8ccccc8c7c6ccc54)nc4ccccc34)ccc2c1. The molecule has 0 saturated heterocycles. The lowest BCUT2D eigenvalue weighted by molar-refractivity contribution is 0.669. The van der Waals surface area contributed by atoms with Crippen LogP contribution in [0.25, 0.3) is 126 Å². The Kier molecular flexibility index (Phi) is 6.10. The third-order valence-electron chi connectivity index (χ3n) is 11.8. The van der Waals surface area contributed by atoms with Gasteiger partial charge in [-0.2, -0.15) is 0 Å². The van der Waals surface area contributed by atoms with Crippen molar-refractivity contribution in [1.82, 2.24) is 14.5 Å². The molecule has 0 spiro atoms. The van der Waals surface area contributed by atoms with Gasteiger partial charge in [0.25, 0.3) is 0 Å². The van der Waals surface area contributed by atoms with Crippen LogP contribution in [0.3, 0.4) is 0 Å². The van der Waals surface area contributed by atoms with Crippen molar-refractivity contribution in [1.29, 1.82) is 0 Å². The highest BCUT2D eigenvalue weighted by atomic mass is 16.3. The number of benzene rings is 9. The van der Waals surface area contributed by atoms with E-state index in [-0.39, 0.29) is 0 Å². The fourth-order valence-corrected chi connectivity index (χ4v) is 9.27. The van der Waals surface area contributed by atoms with E-state index < -0.39 is 0 Å². The second-order valence-corrected chi connectivity index (χ2v) is 14.9. The highest BCUT2D eigenvalue weighted by Gasteiger charge is 2.23. The standard InChI is InChI=1S/C52H29N3O2/c1-2-13-31-28-32(25-24-30(31)12-1)49-38-17-5-8-21-42(38)53-52(54-49)55-43-22-9-6-18-39(43)48-44(55)27-26-40-47-35-16-4-3-14-33(35)41(29-46(47)57-51(40)48)37-20-11-19-36-34-15-7-10-23-45(34)56-50(36)37/h1-29H. The van der Waals surface area contributed by atoms with E-state index in [2.05, 4.69) is 162 Å². The van der Waals surface area contributed by atoms with E-state index in [1.807, 2.05) is 18.2 Å². The number of fused-ring (bicyclic) bond motifs is 14. The van der Waals surface area contributed by atoms with Gasteiger partial charge in [0, 0.05) is 43.4 Å². The van der Waals surface area contributed by atoms with Crippen LogP contribution in [0, 0.1) is 0 Å². The monoisotopic (exact) mass is 727 g/mol. The van der Waals surface area contributed by atoms with Gasteiger partial charge in [-0.15, -0.1) is 0 Å². The Labute approximate surface area is 324 Å². The molecule has 0 aliphatic rings. The summed E-state index contributed by atoms with van der Waals surface area (Å²) in [4.78, 5) is 10.6. The van der Waals surface area contributed by atoms with Gasteiger partial charge in [0.2, 0.25) is 5.95 Å². The van der Waals surface area contributed by atoms with Gasteiger partial charge in [0.15, 0.2) is 0 Å². The maximum atomic E-state index is 7.08. The summed E-state index contributed by atoms with van der Waals surface area (Å²) in [7, 11) is 0. The quantitative estimate of drug-likeness (QED) is 0.182. The zero-order valence-corrected chi connectivity index (χ0v) is 30.4. The minimum atomic E-state index is 0.616. The van der Waals surface area contributed by atoms with E-state index in [4.69, 9.17) is 18.8 Å². The van der Waals surface area contributed by atoms with E-state index >= 15 is 0 Å². The molecule has 0 atom stereocenters. The van der Waals surface area contributed by atoms with E-state index in [1.54, 1.807) is 0 Å². The van der Waals surface area contributed by atoms with E-state index in [9.17, 15) is 0 Å². The highest BCUT2D eigenvalue weighted by Crippen LogP contribution is 2.46. The minimum Gasteiger partial charge on any atom is -0.455 e. The van der Waals surface area contributed by atoms with Gasteiger partial charge in [0.05, 0.1) is 27.6 Å². The number of furan rings is 2. The summed E-state index contributed by atoms with van der Waals surface area (Å²) in [6, 6.07) is 61.7. The van der Waals surface area contributed by atoms with Gasteiger partial charge in [-0.25, -0.2) is 9.97 Å². The van der Waals surface area contributed by atoms with Gasteiger partial charge in [-0.05, 0) is 69.6 Å². The van der Waals surface area contributed by atoms with Crippen LogP contribution in [0.5, 0.6) is 0 Å². The first-order valence-corrected chi connectivity index (χ1v) is 19.2. The van der Waals surface area contributed by atoms with Crippen molar-refractivity contribution in [2.24, 2.45) is 0 Å². The van der Waals surface area contributed by atoms with Crippen molar-refractivity contribution in [2.45, 2.75) is 0 Å². The molecule has 0 saturated carbocycles. The average Bonchev–Trinajstić information content (AvgIpc) is 3.95. The Morgan fingerprint density at radius 1 is 0.386 bits per heavy atom. The zero-order valence-electron chi connectivity index (χ0n) is 30.4. The Morgan fingerprint density at radius 3 is 2.02 bits per heavy atom. The second-order valence-electron chi connectivity index (χ2n) is 14.9. The van der Waals surface area contributed by atoms with Gasteiger partial charge in [0.1, 0.15) is 22.3 Å². The van der Waals surface area contributed by atoms with Gasteiger partial charge >= 0.3 is 0 Å². The van der Waals surface area contributed by atoms with Crippen molar-refractivity contribution in [3.05, 3.63) is 176 Å². The van der Waals surface area contributed by atoms with Gasteiger partial charge in [-0.3, -0.25) is 4.57 Å². The van der Waals surface area contributed by atoms with Crippen LogP contribution in [-0.4, -0.2) is 14.5 Å².